The van der Waals surface area contributed by atoms with Crippen LogP contribution in [0.1, 0.15) is 34.7 Å². The fourth-order valence-electron chi connectivity index (χ4n) is 3.42. The molecule has 0 N–H and O–H groups in total. The Bertz CT molecular complexity index is 870. The van der Waals surface area contributed by atoms with Crippen molar-refractivity contribution in [2.24, 2.45) is 0 Å². The third kappa shape index (κ3) is 2.61. The molecule has 0 heterocycles. The first-order chi connectivity index (χ1) is 11.3. The molecule has 1 aliphatic rings. The van der Waals surface area contributed by atoms with E-state index in [0.717, 1.165) is 12.8 Å². The van der Waals surface area contributed by atoms with Gasteiger partial charge >= 0.3 is 0 Å². The second-order valence-electron chi connectivity index (χ2n) is 6.14. The Kier molecular flexibility index (Phi) is 3.59. The summed E-state index contributed by atoms with van der Waals surface area (Å²) in [6.45, 7) is 2.23. The van der Waals surface area contributed by atoms with E-state index in [-0.39, 0.29) is 0 Å². The van der Waals surface area contributed by atoms with E-state index in [0.29, 0.717) is 0 Å². The van der Waals surface area contributed by atoms with Crippen LogP contribution in [0, 0.1) is 0 Å². The molecule has 0 atom stereocenters. The van der Waals surface area contributed by atoms with Crippen LogP contribution < -0.4 is 0 Å². The highest BCUT2D eigenvalue weighted by Crippen LogP contribution is 2.39. The molecule has 0 fully saturated rings. The summed E-state index contributed by atoms with van der Waals surface area (Å²) in [5.41, 5.74) is 9.77. The van der Waals surface area contributed by atoms with Gasteiger partial charge in [0.2, 0.25) is 0 Å². The zero-order valence-electron chi connectivity index (χ0n) is 13.4. The van der Waals surface area contributed by atoms with E-state index in [1.54, 1.807) is 0 Å². The molecule has 0 spiro atoms. The summed E-state index contributed by atoms with van der Waals surface area (Å²) in [6, 6.07) is 24.1. The minimum Gasteiger partial charge on any atom is -0.0622 e. The minimum atomic E-state index is 1.05. The molecule has 0 amide bonds. The zero-order chi connectivity index (χ0) is 15.6. The van der Waals surface area contributed by atoms with Gasteiger partial charge in [-0.1, -0.05) is 85.8 Å². The molecule has 3 aromatic rings. The SMILES string of the molecule is CCc1cc(C=Cc2ccccc2)c2c(c1)-c1ccccc1C2. The average molecular weight is 296 g/mol. The van der Waals surface area contributed by atoms with E-state index < -0.39 is 0 Å². The van der Waals surface area contributed by atoms with E-state index >= 15 is 0 Å². The van der Waals surface area contributed by atoms with Crippen LogP contribution in [0.2, 0.25) is 0 Å². The van der Waals surface area contributed by atoms with E-state index in [2.05, 4.69) is 85.8 Å². The molecular weight excluding hydrogens is 276 g/mol. The first kappa shape index (κ1) is 14.0. The van der Waals surface area contributed by atoms with Gasteiger partial charge in [0.15, 0.2) is 0 Å². The zero-order valence-corrected chi connectivity index (χ0v) is 13.4. The molecule has 4 rings (SSSR count). The number of hydrogen-bond donors (Lipinski definition) is 0. The van der Waals surface area contributed by atoms with Gasteiger partial charge in [-0.05, 0) is 51.8 Å². The van der Waals surface area contributed by atoms with Gasteiger partial charge in [0.25, 0.3) is 0 Å². The monoisotopic (exact) mass is 296 g/mol. The maximum absolute atomic E-state index is 2.38. The summed E-state index contributed by atoms with van der Waals surface area (Å²) >= 11 is 0. The van der Waals surface area contributed by atoms with E-state index in [1.807, 2.05) is 0 Å². The summed E-state index contributed by atoms with van der Waals surface area (Å²) in [5, 5.41) is 0. The molecule has 0 saturated heterocycles. The van der Waals surface area contributed by atoms with Gasteiger partial charge in [-0.25, -0.2) is 0 Å². The quantitative estimate of drug-likeness (QED) is 0.407. The molecule has 0 aromatic heterocycles. The lowest BCUT2D eigenvalue weighted by molar-refractivity contribution is 1.13. The predicted octanol–water partition coefficient (Wildman–Crippen LogP) is 5.99. The second-order valence-corrected chi connectivity index (χ2v) is 6.14. The van der Waals surface area contributed by atoms with Crippen molar-refractivity contribution in [1.82, 2.24) is 0 Å². The summed E-state index contributed by atoms with van der Waals surface area (Å²) in [5.74, 6) is 0. The summed E-state index contributed by atoms with van der Waals surface area (Å²) in [6.07, 6.45) is 6.61. The smallest absolute Gasteiger partial charge is 0.000750 e. The van der Waals surface area contributed by atoms with Crippen LogP contribution in [0.3, 0.4) is 0 Å². The number of hydrogen-bond acceptors (Lipinski definition) is 0. The second kappa shape index (κ2) is 5.89. The normalized spacial score (nSPS) is 12.4. The molecule has 112 valence electrons. The lowest BCUT2D eigenvalue weighted by Crippen LogP contribution is -1.90. The van der Waals surface area contributed by atoms with Crippen LogP contribution in [-0.4, -0.2) is 0 Å². The van der Waals surface area contributed by atoms with Crippen molar-refractivity contribution in [2.45, 2.75) is 19.8 Å². The fraction of sp³-hybridized carbons (Fsp3) is 0.130. The Labute approximate surface area is 138 Å². The highest BCUT2D eigenvalue weighted by atomic mass is 14.2. The van der Waals surface area contributed by atoms with E-state index in [1.165, 1.54) is 38.9 Å². The number of rotatable bonds is 3. The fourth-order valence-corrected chi connectivity index (χ4v) is 3.42. The Morgan fingerprint density at radius 2 is 1.61 bits per heavy atom. The van der Waals surface area contributed by atoms with Crippen molar-refractivity contribution in [2.75, 3.05) is 0 Å². The standard InChI is InChI=1S/C23H20/c1-2-17-14-20(13-12-18-8-4-3-5-9-18)22-16-19-10-6-7-11-21(19)23(22)15-17/h3-15H,2,16H2,1H3. The highest BCUT2D eigenvalue weighted by Gasteiger charge is 2.20. The molecule has 0 bridgehead atoms. The van der Waals surface area contributed by atoms with Crippen LogP contribution in [-0.2, 0) is 12.8 Å². The van der Waals surface area contributed by atoms with Gasteiger partial charge < -0.3 is 0 Å². The molecule has 0 nitrogen and oxygen atoms in total. The minimum absolute atomic E-state index is 1.05. The summed E-state index contributed by atoms with van der Waals surface area (Å²) < 4.78 is 0. The molecule has 1 aliphatic carbocycles. The molecular formula is C23H20. The first-order valence-corrected chi connectivity index (χ1v) is 8.32. The maximum Gasteiger partial charge on any atom is -0.000750 e. The molecule has 0 radical (unpaired) electrons. The van der Waals surface area contributed by atoms with Gasteiger partial charge in [0.1, 0.15) is 0 Å². The highest BCUT2D eigenvalue weighted by molar-refractivity contribution is 5.83. The van der Waals surface area contributed by atoms with E-state index in [9.17, 15) is 0 Å². The van der Waals surface area contributed by atoms with Gasteiger partial charge in [0, 0.05) is 0 Å². The number of fused-ring (bicyclic) bond motifs is 3. The Morgan fingerprint density at radius 3 is 2.43 bits per heavy atom. The van der Waals surface area contributed by atoms with Crippen molar-refractivity contribution in [3.8, 4) is 11.1 Å². The molecule has 0 saturated carbocycles. The van der Waals surface area contributed by atoms with E-state index in [4.69, 9.17) is 0 Å². The van der Waals surface area contributed by atoms with Crippen molar-refractivity contribution >= 4 is 12.2 Å². The third-order valence-electron chi connectivity index (χ3n) is 4.68. The van der Waals surface area contributed by atoms with Crippen LogP contribution in [0.25, 0.3) is 23.3 Å². The molecule has 23 heavy (non-hydrogen) atoms. The average Bonchev–Trinajstić information content (AvgIpc) is 2.99. The Morgan fingerprint density at radius 1 is 0.826 bits per heavy atom. The number of benzene rings is 3. The van der Waals surface area contributed by atoms with Crippen molar-refractivity contribution in [3.05, 3.63) is 94.5 Å². The largest absolute Gasteiger partial charge is 0.0622 e. The van der Waals surface area contributed by atoms with Crippen LogP contribution in [0.4, 0.5) is 0 Å². The molecule has 0 aliphatic heterocycles. The van der Waals surface area contributed by atoms with Crippen molar-refractivity contribution < 1.29 is 0 Å². The lowest BCUT2D eigenvalue weighted by atomic mass is 9.96. The Hall–Kier alpha value is -2.60. The summed E-state index contributed by atoms with van der Waals surface area (Å²) in [7, 11) is 0. The maximum atomic E-state index is 2.38. The predicted molar refractivity (Wildman–Crippen MR) is 99.4 cm³/mol. The lowest BCUT2D eigenvalue weighted by Gasteiger charge is -2.09. The van der Waals surface area contributed by atoms with Crippen LogP contribution in [0.5, 0.6) is 0 Å². The van der Waals surface area contributed by atoms with Crippen LogP contribution >= 0.6 is 0 Å². The number of aryl methyl sites for hydroxylation is 1. The molecule has 0 heteroatoms. The van der Waals surface area contributed by atoms with Gasteiger partial charge in [-0.3, -0.25) is 0 Å². The third-order valence-corrected chi connectivity index (χ3v) is 4.68. The molecule has 3 aromatic carbocycles. The Balaban J connectivity index is 1.81. The van der Waals surface area contributed by atoms with Gasteiger partial charge in [-0.2, -0.15) is 0 Å². The van der Waals surface area contributed by atoms with Gasteiger partial charge in [-0.15, -0.1) is 0 Å². The topological polar surface area (TPSA) is 0 Å². The summed E-state index contributed by atoms with van der Waals surface area (Å²) in [4.78, 5) is 0. The van der Waals surface area contributed by atoms with Gasteiger partial charge in [0.05, 0.1) is 0 Å². The van der Waals surface area contributed by atoms with Crippen molar-refractivity contribution in [1.29, 1.82) is 0 Å². The molecule has 0 unspecified atom stereocenters. The van der Waals surface area contributed by atoms with Crippen LogP contribution in [0.15, 0.2) is 66.7 Å². The first-order valence-electron chi connectivity index (χ1n) is 8.32. The van der Waals surface area contributed by atoms with Crippen molar-refractivity contribution in [3.63, 3.8) is 0 Å².